The minimum Gasteiger partial charge on any atom is -0.497 e. The van der Waals surface area contributed by atoms with Gasteiger partial charge >= 0.3 is 0 Å². The van der Waals surface area contributed by atoms with E-state index in [1.807, 2.05) is 24.3 Å². The first-order valence-corrected chi connectivity index (χ1v) is 10.1. The van der Waals surface area contributed by atoms with Gasteiger partial charge in [-0.05, 0) is 37.1 Å². The van der Waals surface area contributed by atoms with Gasteiger partial charge in [0.15, 0.2) is 4.34 Å². The number of hydrogen-bond donors (Lipinski definition) is 1. The molecular formula is C17H23N3O2S2. The Labute approximate surface area is 151 Å². The predicted octanol–water partition coefficient (Wildman–Crippen LogP) is 4.46. The highest BCUT2D eigenvalue weighted by Crippen LogP contribution is 2.28. The Morgan fingerprint density at radius 1 is 1.12 bits per heavy atom. The summed E-state index contributed by atoms with van der Waals surface area (Å²) in [6, 6.07) is 8.21. The maximum atomic E-state index is 5.72. The zero-order valence-electron chi connectivity index (χ0n) is 13.9. The van der Waals surface area contributed by atoms with E-state index in [0.717, 1.165) is 26.7 Å². The molecule has 24 heavy (non-hydrogen) atoms. The Kier molecular flexibility index (Phi) is 6.60. The Balaban J connectivity index is 1.37. The molecule has 3 rings (SSSR count). The van der Waals surface area contributed by atoms with Crippen molar-refractivity contribution >= 4 is 28.2 Å². The van der Waals surface area contributed by atoms with Crippen molar-refractivity contribution in [2.75, 3.05) is 24.8 Å². The zero-order valence-corrected chi connectivity index (χ0v) is 15.5. The van der Waals surface area contributed by atoms with Crippen LogP contribution >= 0.6 is 23.1 Å². The smallest absolute Gasteiger partial charge is 0.206 e. The van der Waals surface area contributed by atoms with Crippen molar-refractivity contribution in [3.05, 3.63) is 24.3 Å². The first-order valence-electron chi connectivity index (χ1n) is 8.33. The number of anilines is 1. The van der Waals surface area contributed by atoms with Gasteiger partial charge < -0.3 is 14.8 Å². The molecule has 0 spiro atoms. The second-order valence-electron chi connectivity index (χ2n) is 5.72. The molecule has 1 saturated carbocycles. The highest BCUT2D eigenvalue weighted by molar-refractivity contribution is 8.01. The number of nitrogens with zero attached hydrogens (tertiary/aromatic N) is 2. The van der Waals surface area contributed by atoms with Crippen molar-refractivity contribution in [2.24, 2.45) is 0 Å². The molecule has 2 aromatic rings. The summed E-state index contributed by atoms with van der Waals surface area (Å²) in [5.41, 5.74) is 0. The molecule has 0 bridgehead atoms. The molecular weight excluding hydrogens is 342 g/mol. The molecule has 1 aromatic carbocycles. The predicted molar refractivity (Wildman–Crippen MR) is 99.6 cm³/mol. The maximum absolute atomic E-state index is 5.72. The van der Waals surface area contributed by atoms with E-state index in [2.05, 4.69) is 15.5 Å². The third-order valence-corrected chi connectivity index (χ3v) is 5.93. The highest BCUT2D eigenvalue weighted by Gasteiger charge is 2.15. The number of nitrogens with one attached hydrogen (secondary N) is 1. The van der Waals surface area contributed by atoms with Crippen molar-refractivity contribution in [3.8, 4) is 11.5 Å². The number of benzene rings is 1. The molecule has 1 N–H and O–H groups in total. The van der Waals surface area contributed by atoms with Gasteiger partial charge in [0.1, 0.15) is 11.5 Å². The number of methoxy groups -OCH3 is 1. The van der Waals surface area contributed by atoms with E-state index >= 15 is 0 Å². The van der Waals surface area contributed by atoms with Gasteiger partial charge in [-0.1, -0.05) is 42.4 Å². The first kappa shape index (κ1) is 17.4. The van der Waals surface area contributed by atoms with Crippen LogP contribution < -0.4 is 14.8 Å². The van der Waals surface area contributed by atoms with Crippen LogP contribution in [0.1, 0.15) is 32.1 Å². The van der Waals surface area contributed by atoms with Crippen LogP contribution in [-0.2, 0) is 0 Å². The summed E-state index contributed by atoms with van der Waals surface area (Å²) in [4.78, 5) is 0. The van der Waals surface area contributed by atoms with E-state index in [-0.39, 0.29) is 0 Å². The van der Waals surface area contributed by atoms with Gasteiger partial charge in [-0.3, -0.25) is 0 Å². The molecule has 130 valence electrons. The summed E-state index contributed by atoms with van der Waals surface area (Å²) in [6.07, 6.45) is 6.50. The first-order chi connectivity index (χ1) is 11.8. The van der Waals surface area contributed by atoms with Crippen molar-refractivity contribution in [1.29, 1.82) is 0 Å². The number of hydrogen-bond acceptors (Lipinski definition) is 7. The average Bonchev–Trinajstić information content (AvgIpc) is 3.07. The van der Waals surface area contributed by atoms with Gasteiger partial charge in [0.05, 0.1) is 13.7 Å². The van der Waals surface area contributed by atoms with E-state index in [0.29, 0.717) is 12.6 Å². The average molecular weight is 366 g/mol. The topological polar surface area (TPSA) is 56.3 Å². The molecule has 0 saturated heterocycles. The molecule has 5 nitrogen and oxygen atoms in total. The van der Waals surface area contributed by atoms with Crippen LogP contribution in [0.4, 0.5) is 5.13 Å². The lowest BCUT2D eigenvalue weighted by molar-refractivity contribution is 0.342. The Morgan fingerprint density at radius 3 is 2.62 bits per heavy atom. The molecule has 0 amide bonds. The van der Waals surface area contributed by atoms with E-state index < -0.39 is 0 Å². The molecule has 0 unspecified atom stereocenters. The molecule has 1 aromatic heterocycles. The van der Waals surface area contributed by atoms with Gasteiger partial charge in [0, 0.05) is 11.8 Å². The van der Waals surface area contributed by atoms with Gasteiger partial charge in [0.2, 0.25) is 5.13 Å². The quantitative estimate of drug-likeness (QED) is 0.550. The largest absolute Gasteiger partial charge is 0.497 e. The van der Waals surface area contributed by atoms with E-state index in [9.17, 15) is 0 Å². The lowest BCUT2D eigenvalue weighted by Gasteiger charge is -2.21. The maximum Gasteiger partial charge on any atom is 0.206 e. The molecule has 1 aliphatic carbocycles. The zero-order chi connectivity index (χ0) is 16.6. The van der Waals surface area contributed by atoms with Crippen LogP contribution in [0, 0.1) is 0 Å². The van der Waals surface area contributed by atoms with Crippen molar-refractivity contribution in [1.82, 2.24) is 10.2 Å². The Morgan fingerprint density at radius 2 is 1.88 bits per heavy atom. The van der Waals surface area contributed by atoms with Crippen LogP contribution in [0.2, 0.25) is 0 Å². The second-order valence-corrected chi connectivity index (χ2v) is 8.04. The normalized spacial score (nSPS) is 15.2. The number of aromatic nitrogens is 2. The summed E-state index contributed by atoms with van der Waals surface area (Å²) in [6.45, 7) is 0.641. The van der Waals surface area contributed by atoms with E-state index in [1.54, 1.807) is 30.2 Å². The summed E-state index contributed by atoms with van der Waals surface area (Å²) >= 11 is 3.32. The molecule has 0 radical (unpaired) electrons. The SMILES string of the molecule is COc1ccc(OCCSc2nnc(NC3CCCCC3)s2)cc1. The summed E-state index contributed by atoms with van der Waals surface area (Å²) < 4.78 is 11.8. The minimum absolute atomic E-state index is 0.572. The third kappa shape index (κ3) is 5.27. The number of rotatable bonds is 8. The van der Waals surface area contributed by atoms with Crippen molar-refractivity contribution in [2.45, 2.75) is 42.5 Å². The third-order valence-electron chi connectivity index (χ3n) is 3.98. The van der Waals surface area contributed by atoms with Crippen LogP contribution in [-0.4, -0.2) is 35.7 Å². The van der Waals surface area contributed by atoms with Gasteiger partial charge in [-0.2, -0.15) is 0 Å². The van der Waals surface area contributed by atoms with E-state index in [1.165, 1.54) is 32.1 Å². The lowest BCUT2D eigenvalue weighted by atomic mass is 9.96. The molecule has 0 atom stereocenters. The molecule has 7 heteroatoms. The van der Waals surface area contributed by atoms with Gasteiger partial charge in [-0.15, -0.1) is 10.2 Å². The standard InChI is InChI=1S/C17H23N3O2S2/c1-21-14-7-9-15(10-8-14)22-11-12-23-17-20-19-16(24-17)18-13-5-3-2-4-6-13/h7-10,13H,2-6,11-12H2,1H3,(H,18,19). The van der Waals surface area contributed by atoms with Gasteiger partial charge in [0.25, 0.3) is 0 Å². The van der Waals surface area contributed by atoms with E-state index in [4.69, 9.17) is 9.47 Å². The number of thioether (sulfide) groups is 1. The summed E-state index contributed by atoms with van der Waals surface area (Å²) in [5, 5.41) is 13.0. The summed E-state index contributed by atoms with van der Waals surface area (Å²) in [5.74, 6) is 2.54. The lowest BCUT2D eigenvalue weighted by Crippen LogP contribution is -2.21. The monoisotopic (exact) mass is 365 g/mol. The van der Waals surface area contributed by atoms with Crippen molar-refractivity contribution < 1.29 is 9.47 Å². The highest BCUT2D eigenvalue weighted by atomic mass is 32.2. The van der Waals surface area contributed by atoms with Crippen LogP contribution in [0.3, 0.4) is 0 Å². The Bertz CT molecular complexity index is 613. The summed E-state index contributed by atoms with van der Waals surface area (Å²) in [7, 11) is 1.66. The fourth-order valence-electron chi connectivity index (χ4n) is 2.71. The van der Waals surface area contributed by atoms with Crippen LogP contribution in [0.15, 0.2) is 28.6 Å². The Hall–Kier alpha value is -1.47. The van der Waals surface area contributed by atoms with Crippen LogP contribution in [0.25, 0.3) is 0 Å². The minimum atomic E-state index is 0.572. The van der Waals surface area contributed by atoms with Crippen molar-refractivity contribution in [3.63, 3.8) is 0 Å². The van der Waals surface area contributed by atoms with Crippen LogP contribution in [0.5, 0.6) is 11.5 Å². The number of ether oxygens (including phenoxy) is 2. The molecule has 1 fully saturated rings. The molecule has 1 aliphatic rings. The molecule has 0 aliphatic heterocycles. The second kappa shape index (κ2) is 9.13. The fourth-order valence-corrected chi connectivity index (χ4v) is 4.43. The van der Waals surface area contributed by atoms with Gasteiger partial charge in [-0.25, -0.2) is 0 Å². The fraction of sp³-hybridized carbons (Fsp3) is 0.529. The molecule has 1 heterocycles.